The minimum Gasteiger partial charge on any atom is -0.497 e. The van der Waals surface area contributed by atoms with Crippen molar-refractivity contribution in [1.82, 2.24) is 15.5 Å². The van der Waals surface area contributed by atoms with E-state index in [1.54, 1.807) is 33.2 Å². The number of hydrogen-bond acceptors (Lipinski definition) is 4. The average Bonchev–Trinajstić information content (AvgIpc) is 2.74. The molecule has 1 amide bonds. The van der Waals surface area contributed by atoms with Crippen LogP contribution in [-0.4, -0.2) is 58.2 Å². The molecule has 0 aliphatic heterocycles. The summed E-state index contributed by atoms with van der Waals surface area (Å²) in [6, 6.07) is 14.0. The Morgan fingerprint density at radius 2 is 1.65 bits per heavy atom. The SMILES string of the molecule is COc1ccc(CCNC(=NCc2cc(C)cc(OC)c2)NCC(=O)N(C)C)cc1.I. The van der Waals surface area contributed by atoms with Crippen LogP contribution in [0, 0.1) is 6.92 Å². The third-order valence-electron chi connectivity index (χ3n) is 4.54. The molecular formula is C23H33IN4O3. The standard InChI is InChI=1S/C23H32N4O3.HI/c1-17-12-19(14-21(13-17)30-5)15-25-23(26-16-22(28)27(2)3)24-11-10-18-6-8-20(29-4)9-7-18;/h6-9,12-14H,10-11,15-16H2,1-5H3,(H2,24,25,26);1H. The van der Waals surface area contributed by atoms with Gasteiger partial charge in [-0.2, -0.15) is 0 Å². The fourth-order valence-electron chi connectivity index (χ4n) is 2.81. The van der Waals surface area contributed by atoms with E-state index < -0.39 is 0 Å². The molecule has 2 aromatic rings. The lowest BCUT2D eigenvalue weighted by atomic mass is 10.1. The number of likely N-dealkylation sites (N-methyl/N-ethyl adjacent to an activating group) is 1. The lowest BCUT2D eigenvalue weighted by Crippen LogP contribution is -2.43. The quantitative estimate of drug-likeness (QED) is 0.291. The summed E-state index contributed by atoms with van der Waals surface area (Å²) >= 11 is 0. The highest BCUT2D eigenvalue weighted by Crippen LogP contribution is 2.17. The van der Waals surface area contributed by atoms with E-state index in [9.17, 15) is 4.79 Å². The minimum absolute atomic E-state index is 0. The van der Waals surface area contributed by atoms with Crippen LogP contribution in [0.15, 0.2) is 47.5 Å². The molecule has 2 rings (SSSR count). The van der Waals surface area contributed by atoms with Gasteiger partial charge in [0.2, 0.25) is 5.91 Å². The van der Waals surface area contributed by atoms with Crippen molar-refractivity contribution in [3.8, 4) is 11.5 Å². The summed E-state index contributed by atoms with van der Waals surface area (Å²) < 4.78 is 10.5. The third-order valence-corrected chi connectivity index (χ3v) is 4.54. The van der Waals surface area contributed by atoms with Crippen molar-refractivity contribution in [1.29, 1.82) is 0 Å². The highest BCUT2D eigenvalue weighted by atomic mass is 127. The molecule has 0 aromatic heterocycles. The first-order valence-electron chi connectivity index (χ1n) is 9.91. The van der Waals surface area contributed by atoms with Crippen LogP contribution in [0.25, 0.3) is 0 Å². The number of amides is 1. The summed E-state index contributed by atoms with van der Waals surface area (Å²) in [7, 11) is 6.78. The van der Waals surface area contributed by atoms with E-state index in [0.29, 0.717) is 19.0 Å². The van der Waals surface area contributed by atoms with Crippen LogP contribution in [0.5, 0.6) is 11.5 Å². The Bertz CT molecular complexity index is 854. The van der Waals surface area contributed by atoms with Crippen molar-refractivity contribution in [2.75, 3.05) is 41.4 Å². The Kier molecular flexibility index (Phi) is 11.8. The van der Waals surface area contributed by atoms with Crippen LogP contribution >= 0.6 is 24.0 Å². The second-order valence-electron chi connectivity index (χ2n) is 7.19. The van der Waals surface area contributed by atoms with Crippen molar-refractivity contribution in [2.45, 2.75) is 19.9 Å². The minimum atomic E-state index is -0.0168. The smallest absolute Gasteiger partial charge is 0.241 e. The number of nitrogens with one attached hydrogen (secondary N) is 2. The molecule has 0 saturated heterocycles. The lowest BCUT2D eigenvalue weighted by Gasteiger charge is -2.15. The highest BCUT2D eigenvalue weighted by molar-refractivity contribution is 14.0. The van der Waals surface area contributed by atoms with E-state index in [-0.39, 0.29) is 36.4 Å². The summed E-state index contributed by atoms with van der Waals surface area (Å²) in [4.78, 5) is 18.2. The molecule has 0 spiro atoms. The van der Waals surface area contributed by atoms with Crippen LogP contribution < -0.4 is 20.1 Å². The summed E-state index contributed by atoms with van der Waals surface area (Å²) in [5.41, 5.74) is 3.35. The number of methoxy groups -OCH3 is 2. The molecule has 0 heterocycles. The largest absolute Gasteiger partial charge is 0.497 e. The number of hydrogen-bond donors (Lipinski definition) is 2. The summed E-state index contributed by atoms with van der Waals surface area (Å²) in [6.45, 7) is 3.37. The second kappa shape index (κ2) is 13.7. The van der Waals surface area contributed by atoms with Gasteiger partial charge in [0.15, 0.2) is 5.96 Å². The van der Waals surface area contributed by atoms with E-state index in [4.69, 9.17) is 9.47 Å². The fraction of sp³-hybridized carbons (Fsp3) is 0.391. The van der Waals surface area contributed by atoms with Crippen molar-refractivity contribution in [3.63, 3.8) is 0 Å². The van der Waals surface area contributed by atoms with Crippen molar-refractivity contribution < 1.29 is 14.3 Å². The topological polar surface area (TPSA) is 75.2 Å². The Balaban J connectivity index is 0.00000480. The van der Waals surface area contributed by atoms with Crippen LogP contribution in [-0.2, 0) is 17.8 Å². The number of aryl methyl sites for hydroxylation is 1. The molecule has 0 bridgehead atoms. The maximum atomic E-state index is 12.0. The number of aliphatic imine (C=N–C) groups is 1. The maximum absolute atomic E-state index is 12.0. The third kappa shape index (κ3) is 9.46. The van der Waals surface area contributed by atoms with Gasteiger partial charge in [0.05, 0.1) is 27.3 Å². The Morgan fingerprint density at radius 1 is 0.968 bits per heavy atom. The molecule has 7 nitrogen and oxygen atoms in total. The van der Waals surface area contributed by atoms with Crippen molar-refractivity contribution >= 4 is 35.8 Å². The Labute approximate surface area is 202 Å². The zero-order chi connectivity index (χ0) is 21.9. The number of guanidine groups is 1. The molecule has 170 valence electrons. The van der Waals surface area contributed by atoms with Gasteiger partial charge in [-0.1, -0.05) is 18.2 Å². The van der Waals surface area contributed by atoms with Gasteiger partial charge < -0.3 is 25.0 Å². The Morgan fingerprint density at radius 3 is 2.26 bits per heavy atom. The van der Waals surface area contributed by atoms with Gasteiger partial charge >= 0.3 is 0 Å². The first-order valence-corrected chi connectivity index (χ1v) is 9.91. The number of carbonyl (C=O) groups is 1. The Hall–Kier alpha value is -2.49. The molecule has 2 aromatic carbocycles. The first kappa shape index (κ1) is 26.5. The number of nitrogens with zero attached hydrogens (tertiary/aromatic N) is 2. The predicted molar refractivity (Wildman–Crippen MR) is 136 cm³/mol. The zero-order valence-corrected chi connectivity index (χ0v) is 21.2. The molecule has 0 saturated carbocycles. The van der Waals surface area contributed by atoms with Gasteiger partial charge in [-0.3, -0.25) is 4.79 Å². The van der Waals surface area contributed by atoms with Gasteiger partial charge in [-0.05, 0) is 54.3 Å². The maximum Gasteiger partial charge on any atom is 0.241 e. The van der Waals surface area contributed by atoms with E-state index in [2.05, 4.69) is 21.7 Å². The number of halogens is 1. The molecule has 31 heavy (non-hydrogen) atoms. The summed E-state index contributed by atoms with van der Waals surface area (Å²) in [5, 5.41) is 6.43. The van der Waals surface area contributed by atoms with Gasteiger partial charge in [0, 0.05) is 20.6 Å². The summed E-state index contributed by atoms with van der Waals surface area (Å²) in [5.74, 6) is 2.23. The molecule has 8 heteroatoms. The van der Waals surface area contributed by atoms with Gasteiger partial charge in [0.1, 0.15) is 11.5 Å². The summed E-state index contributed by atoms with van der Waals surface area (Å²) in [6.07, 6.45) is 0.824. The van der Waals surface area contributed by atoms with E-state index >= 15 is 0 Å². The molecule has 0 aliphatic carbocycles. The van der Waals surface area contributed by atoms with Crippen molar-refractivity contribution in [2.24, 2.45) is 4.99 Å². The monoisotopic (exact) mass is 540 g/mol. The number of benzene rings is 2. The van der Waals surface area contributed by atoms with Gasteiger partial charge in [0.25, 0.3) is 0 Å². The molecular weight excluding hydrogens is 507 g/mol. The molecule has 0 fully saturated rings. The number of rotatable bonds is 9. The van der Waals surface area contributed by atoms with Gasteiger partial charge in [-0.25, -0.2) is 4.99 Å². The van der Waals surface area contributed by atoms with E-state index in [0.717, 1.165) is 29.0 Å². The number of carbonyl (C=O) groups excluding carboxylic acids is 1. The average molecular weight is 540 g/mol. The zero-order valence-electron chi connectivity index (χ0n) is 18.9. The molecule has 2 N–H and O–H groups in total. The molecule has 0 unspecified atom stereocenters. The second-order valence-corrected chi connectivity index (χ2v) is 7.19. The molecule has 0 radical (unpaired) electrons. The first-order chi connectivity index (χ1) is 14.4. The van der Waals surface area contributed by atoms with Crippen LogP contribution in [0.2, 0.25) is 0 Å². The van der Waals surface area contributed by atoms with E-state index in [1.165, 1.54) is 5.56 Å². The number of ether oxygens (including phenoxy) is 2. The lowest BCUT2D eigenvalue weighted by molar-refractivity contribution is -0.127. The highest BCUT2D eigenvalue weighted by Gasteiger charge is 2.07. The van der Waals surface area contributed by atoms with Crippen LogP contribution in [0.3, 0.4) is 0 Å². The fourth-order valence-corrected chi connectivity index (χ4v) is 2.81. The van der Waals surface area contributed by atoms with Crippen LogP contribution in [0.4, 0.5) is 0 Å². The van der Waals surface area contributed by atoms with Crippen molar-refractivity contribution in [3.05, 3.63) is 59.2 Å². The van der Waals surface area contributed by atoms with Crippen LogP contribution in [0.1, 0.15) is 16.7 Å². The molecule has 0 atom stereocenters. The molecule has 0 aliphatic rings. The van der Waals surface area contributed by atoms with E-state index in [1.807, 2.05) is 43.3 Å². The van der Waals surface area contributed by atoms with Gasteiger partial charge in [-0.15, -0.1) is 24.0 Å². The normalized spacial score (nSPS) is 10.7. The predicted octanol–water partition coefficient (Wildman–Crippen LogP) is 3.00.